The first kappa shape index (κ1) is 11.5. The molecule has 0 aliphatic rings. The van der Waals surface area contributed by atoms with Gasteiger partial charge in [-0.2, -0.15) is 0 Å². The summed E-state index contributed by atoms with van der Waals surface area (Å²) >= 11 is 1.82. The fraction of sp³-hybridized carbons (Fsp3) is 0.111. The molecule has 0 radical (unpaired) electrons. The van der Waals surface area contributed by atoms with Gasteiger partial charge in [-0.15, -0.1) is 0 Å². The second-order valence-electron chi connectivity index (χ2n) is 2.60. The molecule has 14 heavy (non-hydrogen) atoms. The molecule has 1 aromatic carbocycles. The SMILES string of the molecule is CS(=O)(=O)C#Cc1cccc(I)c1F. The van der Waals surface area contributed by atoms with Crippen molar-refractivity contribution in [3.63, 3.8) is 0 Å². The van der Waals surface area contributed by atoms with Crippen molar-refractivity contribution >= 4 is 32.4 Å². The summed E-state index contributed by atoms with van der Waals surface area (Å²) in [5.41, 5.74) is 0.0994. The summed E-state index contributed by atoms with van der Waals surface area (Å²) in [4.78, 5) is 0. The molecule has 1 aromatic rings. The zero-order chi connectivity index (χ0) is 10.8. The topological polar surface area (TPSA) is 34.1 Å². The smallest absolute Gasteiger partial charge is 0.214 e. The monoisotopic (exact) mass is 324 g/mol. The van der Waals surface area contributed by atoms with Crippen LogP contribution in [0.3, 0.4) is 0 Å². The second-order valence-corrected chi connectivity index (χ2v) is 5.51. The molecule has 0 unspecified atom stereocenters. The molecule has 0 saturated carbocycles. The van der Waals surface area contributed by atoms with E-state index in [9.17, 15) is 12.8 Å². The Labute approximate surface area is 95.6 Å². The van der Waals surface area contributed by atoms with Crippen molar-refractivity contribution in [2.24, 2.45) is 0 Å². The Morgan fingerprint density at radius 1 is 1.43 bits per heavy atom. The first-order valence-corrected chi connectivity index (χ1v) is 6.54. The van der Waals surface area contributed by atoms with Crippen LogP contribution in [0.5, 0.6) is 0 Å². The summed E-state index contributed by atoms with van der Waals surface area (Å²) in [5.74, 6) is 1.79. The van der Waals surface area contributed by atoms with Crippen LogP contribution >= 0.6 is 22.6 Å². The molecule has 1 rings (SSSR count). The van der Waals surface area contributed by atoms with Crippen LogP contribution in [0.15, 0.2) is 18.2 Å². The van der Waals surface area contributed by atoms with Gasteiger partial charge in [-0.3, -0.25) is 0 Å². The van der Waals surface area contributed by atoms with Crippen LogP contribution in [0.1, 0.15) is 5.56 Å². The normalized spacial score (nSPS) is 10.5. The van der Waals surface area contributed by atoms with E-state index in [1.54, 1.807) is 12.1 Å². The maximum Gasteiger partial charge on any atom is 0.214 e. The Kier molecular flexibility index (Phi) is 3.50. The first-order chi connectivity index (χ1) is 6.40. The van der Waals surface area contributed by atoms with Gasteiger partial charge in [-0.1, -0.05) is 6.07 Å². The highest BCUT2D eigenvalue weighted by Gasteiger charge is 2.03. The van der Waals surface area contributed by atoms with E-state index >= 15 is 0 Å². The molecule has 0 saturated heterocycles. The van der Waals surface area contributed by atoms with Crippen molar-refractivity contribution in [2.75, 3.05) is 6.26 Å². The maximum atomic E-state index is 13.3. The van der Waals surface area contributed by atoms with E-state index in [0.717, 1.165) is 6.26 Å². The van der Waals surface area contributed by atoms with Crippen molar-refractivity contribution in [1.29, 1.82) is 0 Å². The Balaban J connectivity index is 3.21. The zero-order valence-corrected chi connectivity index (χ0v) is 10.2. The molecule has 0 fully saturated rings. The lowest BCUT2D eigenvalue weighted by Gasteiger charge is -1.95. The molecule has 0 aromatic heterocycles. The number of hydrogen-bond donors (Lipinski definition) is 0. The van der Waals surface area contributed by atoms with Gasteiger partial charge in [-0.05, 0) is 40.6 Å². The van der Waals surface area contributed by atoms with Gasteiger partial charge in [-0.25, -0.2) is 12.8 Å². The number of halogens is 2. The van der Waals surface area contributed by atoms with Crippen LogP contribution in [0, 0.1) is 20.6 Å². The van der Waals surface area contributed by atoms with Crippen molar-refractivity contribution < 1.29 is 12.8 Å². The van der Waals surface area contributed by atoms with Crippen molar-refractivity contribution in [3.05, 3.63) is 33.1 Å². The van der Waals surface area contributed by atoms with Crippen LogP contribution in [-0.2, 0) is 9.84 Å². The Hall–Kier alpha value is -0.610. The summed E-state index contributed by atoms with van der Waals surface area (Å²) in [7, 11) is -3.38. The van der Waals surface area contributed by atoms with Gasteiger partial charge in [0.15, 0.2) is 5.82 Å². The van der Waals surface area contributed by atoms with Gasteiger partial charge >= 0.3 is 0 Å². The lowest BCUT2D eigenvalue weighted by molar-refractivity contribution is 0.611. The summed E-state index contributed by atoms with van der Waals surface area (Å²) < 4.78 is 35.1. The molecule has 74 valence electrons. The van der Waals surface area contributed by atoms with Crippen LogP contribution < -0.4 is 0 Å². The Morgan fingerprint density at radius 2 is 2.07 bits per heavy atom. The van der Waals surface area contributed by atoms with E-state index < -0.39 is 15.7 Å². The number of rotatable bonds is 0. The van der Waals surface area contributed by atoms with Crippen LogP contribution in [0.4, 0.5) is 4.39 Å². The van der Waals surface area contributed by atoms with Crippen molar-refractivity contribution in [2.45, 2.75) is 0 Å². The molecule has 0 atom stereocenters. The first-order valence-electron chi connectivity index (χ1n) is 3.57. The van der Waals surface area contributed by atoms with Crippen molar-refractivity contribution in [1.82, 2.24) is 0 Å². The Morgan fingerprint density at radius 3 is 2.64 bits per heavy atom. The number of hydrogen-bond acceptors (Lipinski definition) is 2. The fourth-order valence-corrected chi connectivity index (χ4v) is 1.54. The molecule has 0 spiro atoms. The zero-order valence-electron chi connectivity index (χ0n) is 7.21. The van der Waals surface area contributed by atoms with Crippen molar-refractivity contribution in [3.8, 4) is 11.2 Å². The van der Waals surface area contributed by atoms with E-state index in [0.29, 0.717) is 3.57 Å². The highest BCUT2D eigenvalue weighted by atomic mass is 127. The van der Waals surface area contributed by atoms with Gasteiger partial charge in [0.2, 0.25) is 9.84 Å². The van der Waals surface area contributed by atoms with E-state index in [1.807, 2.05) is 27.8 Å². The third-order valence-electron chi connectivity index (χ3n) is 1.32. The van der Waals surface area contributed by atoms with E-state index in [4.69, 9.17) is 0 Å². The van der Waals surface area contributed by atoms with Crippen LogP contribution in [0.25, 0.3) is 0 Å². The van der Waals surface area contributed by atoms with E-state index in [1.165, 1.54) is 6.07 Å². The average Bonchev–Trinajstić information content (AvgIpc) is 2.06. The third-order valence-corrected chi connectivity index (χ3v) is 2.63. The second kappa shape index (κ2) is 4.28. The molecule has 5 heteroatoms. The van der Waals surface area contributed by atoms with Gasteiger partial charge < -0.3 is 0 Å². The maximum absolute atomic E-state index is 13.3. The summed E-state index contributed by atoms with van der Waals surface area (Å²) in [6, 6.07) is 4.65. The number of benzene rings is 1. The molecule has 0 heterocycles. The minimum Gasteiger partial charge on any atom is -0.216 e. The highest BCUT2D eigenvalue weighted by Crippen LogP contribution is 2.13. The Bertz CT molecular complexity index is 511. The summed E-state index contributed by atoms with van der Waals surface area (Å²) in [6.45, 7) is 0. The third kappa shape index (κ3) is 3.27. The molecular formula is C9H6FIO2S. The molecular weight excluding hydrogens is 318 g/mol. The van der Waals surface area contributed by atoms with Crippen LogP contribution in [-0.4, -0.2) is 14.7 Å². The predicted molar refractivity (Wildman–Crippen MR) is 60.8 cm³/mol. The minimum absolute atomic E-state index is 0.0994. The molecule has 2 nitrogen and oxygen atoms in total. The summed E-state index contributed by atoms with van der Waals surface area (Å²) in [5, 5.41) is 1.99. The quantitative estimate of drug-likeness (QED) is 0.539. The number of sulfone groups is 1. The van der Waals surface area contributed by atoms with Gasteiger partial charge in [0.1, 0.15) is 0 Å². The molecule has 0 amide bonds. The molecule has 0 bridgehead atoms. The van der Waals surface area contributed by atoms with Gasteiger partial charge in [0.25, 0.3) is 0 Å². The summed E-state index contributed by atoms with van der Waals surface area (Å²) in [6.07, 6.45) is 0.978. The van der Waals surface area contributed by atoms with Gasteiger partial charge in [0.05, 0.1) is 15.4 Å². The van der Waals surface area contributed by atoms with E-state index in [-0.39, 0.29) is 5.56 Å². The largest absolute Gasteiger partial charge is 0.216 e. The molecule has 0 aliphatic heterocycles. The molecule has 0 aliphatic carbocycles. The van der Waals surface area contributed by atoms with Crippen LogP contribution in [0.2, 0.25) is 0 Å². The van der Waals surface area contributed by atoms with E-state index in [2.05, 4.69) is 5.92 Å². The standard InChI is InChI=1S/C9H6FIO2S/c1-14(12,13)6-5-7-3-2-4-8(11)9(7)10/h2-4H,1H3. The fourth-order valence-electron chi connectivity index (χ4n) is 0.748. The highest BCUT2D eigenvalue weighted by molar-refractivity contribution is 14.1. The lowest BCUT2D eigenvalue weighted by Crippen LogP contribution is -1.91. The average molecular weight is 324 g/mol. The lowest BCUT2D eigenvalue weighted by atomic mass is 10.2. The minimum atomic E-state index is -3.38. The van der Waals surface area contributed by atoms with Gasteiger partial charge in [0, 0.05) is 5.25 Å². The molecule has 0 N–H and O–H groups in total. The predicted octanol–water partition coefficient (Wildman–Crippen LogP) is 1.78.